The number of aliphatic hydroxyl groups is 1. The van der Waals surface area contributed by atoms with Crippen LogP contribution in [-0.4, -0.2) is 58.0 Å². The van der Waals surface area contributed by atoms with E-state index in [0.29, 0.717) is 31.3 Å². The minimum absolute atomic E-state index is 0.0234. The zero-order valence-corrected chi connectivity index (χ0v) is 14.2. The number of aromatic amines is 1. The molecule has 1 spiro atoms. The number of H-pyrrole nitrogens is 1. The van der Waals surface area contributed by atoms with Gasteiger partial charge in [-0.05, 0) is 31.7 Å². The zero-order chi connectivity index (χ0) is 16.6. The maximum atomic E-state index is 12.6. The van der Waals surface area contributed by atoms with E-state index < -0.39 is 0 Å². The predicted octanol–water partition coefficient (Wildman–Crippen LogP) is 1.93. The van der Waals surface area contributed by atoms with Gasteiger partial charge < -0.3 is 14.7 Å². The fraction of sp³-hybridized carbons (Fsp3) is 0.765. The average molecular weight is 321 g/mol. The second kappa shape index (κ2) is 6.24. The molecule has 6 heteroatoms. The minimum Gasteiger partial charge on any atom is -0.392 e. The van der Waals surface area contributed by atoms with Crippen LogP contribution >= 0.6 is 0 Å². The first-order chi connectivity index (χ1) is 11.0. The second-order valence-corrected chi connectivity index (χ2v) is 7.08. The Morgan fingerprint density at radius 2 is 2.22 bits per heavy atom. The van der Waals surface area contributed by atoms with Gasteiger partial charge in [0.1, 0.15) is 5.69 Å². The first-order valence-electron chi connectivity index (χ1n) is 8.62. The molecule has 128 valence electrons. The van der Waals surface area contributed by atoms with Crippen LogP contribution in [0.5, 0.6) is 0 Å². The molecule has 2 aliphatic rings. The Hall–Kier alpha value is -1.40. The summed E-state index contributed by atoms with van der Waals surface area (Å²) in [6.45, 7) is 8.11. The number of ether oxygens (including phenoxy) is 1. The number of aliphatic hydroxyl groups excluding tert-OH is 1. The summed E-state index contributed by atoms with van der Waals surface area (Å²) in [4.78, 5) is 14.4. The van der Waals surface area contributed by atoms with Gasteiger partial charge in [-0.1, -0.05) is 13.8 Å². The molecule has 1 aromatic rings. The van der Waals surface area contributed by atoms with Crippen LogP contribution < -0.4 is 0 Å². The fourth-order valence-electron chi connectivity index (χ4n) is 3.85. The van der Waals surface area contributed by atoms with Crippen LogP contribution in [0.3, 0.4) is 0 Å². The lowest BCUT2D eigenvalue weighted by Gasteiger charge is -2.56. The number of hydrogen-bond acceptors (Lipinski definition) is 4. The average Bonchev–Trinajstić information content (AvgIpc) is 3.04. The lowest BCUT2D eigenvalue weighted by atomic mass is 9.58. The number of piperidine rings is 1. The Labute approximate surface area is 137 Å². The summed E-state index contributed by atoms with van der Waals surface area (Å²) < 4.78 is 5.77. The first-order valence-corrected chi connectivity index (χ1v) is 8.62. The number of nitrogens with one attached hydrogen (secondary N) is 1. The summed E-state index contributed by atoms with van der Waals surface area (Å²) in [7, 11) is 0. The van der Waals surface area contributed by atoms with Crippen molar-refractivity contribution < 1.29 is 14.6 Å². The summed E-state index contributed by atoms with van der Waals surface area (Å²) in [5.74, 6) is 0.301. The topological polar surface area (TPSA) is 78.5 Å². The van der Waals surface area contributed by atoms with Crippen molar-refractivity contribution in [2.45, 2.75) is 58.2 Å². The highest BCUT2D eigenvalue weighted by molar-refractivity contribution is 5.92. The van der Waals surface area contributed by atoms with E-state index >= 15 is 0 Å². The van der Waals surface area contributed by atoms with Crippen molar-refractivity contribution >= 4 is 5.91 Å². The highest BCUT2D eigenvalue weighted by atomic mass is 16.5. The standard InChI is InChI=1S/C17H27N3O3/c1-4-23-15-10-14(21)17(15)5-7-20(8-6-17)16(22)13-9-12(11(2)3)18-19-13/h9,11,14-15,21H,4-8,10H2,1-3H3,(H,18,19)/t14-,15-/m1/s1. The molecule has 1 aromatic heterocycles. The van der Waals surface area contributed by atoms with E-state index in [9.17, 15) is 9.90 Å². The maximum Gasteiger partial charge on any atom is 0.274 e. The minimum atomic E-state index is -0.297. The van der Waals surface area contributed by atoms with Crippen molar-refractivity contribution in [2.24, 2.45) is 5.41 Å². The Bertz CT molecular complexity index is 559. The predicted molar refractivity (Wildman–Crippen MR) is 86.3 cm³/mol. The first kappa shape index (κ1) is 16.5. The molecule has 1 aliphatic carbocycles. The van der Waals surface area contributed by atoms with Crippen LogP contribution in [-0.2, 0) is 4.74 Å². The highest BCUT2D eigenvalue weighted by Crippen LogP contribution is 2.51. The normalized spacial score (nSPS) is 26.6. The zero-order valence-electron chi connectivity index (χ0n) is 14.2. The number of nitrogens with zero attached hydrogens (tertiary/aromatic N) is 2. The van der Waals surface area contributed by atoms with E-state index in [1.807, 2.05) is 17.9 Å². The van der Waals surface area contributed by atoms with Crippen molar-refractivity contribution in [3.05, 3.63) is 17.5 Å². The summed E-state index contributed by atoms with van der Waals surface area (Å²) >= 11 is 0. The highest BCUT2D eigenvalue weighted by Gasteiger charge is 2.56. The molecule has 23 heavy (non-hydrogen) atoms. The van der Waals surface area contributed by atoms with Gasteiger partial charge in [0.15, 0.2) is 0 Å². The summed E-state index contributed by atoms with van der Waals surface area (Å²) in [5, 5.41) is 17.3. The molecule has 1 saturated carbocycles. The molecule has 0 aromatic carbocycles. The van der Waals surface area contributed by atoms with Gasteiger partial charge in [-0.25, -0.2) is 0 Å². The molecule has 0 bridgehead atoms. The van der Waals surface area contributed by atoms with Gasteiger partial charge in [0.2, 0.25) is 0 Å². The Balaban J connectivity index is 1.63. The lowest BCUT2D eigenvalue weighted by molar-refractivity contribution is -0.207. The number of rotatable bonds is 4. The van der Waals surface area contributed by atoms with Crippen molar-refractivity contribution in [3.8, 4) is 0 Å². The number of hydrogen-bond donors (Lipinski definition) is 2. The van der Waals surface area contributed by atoms with Crippen LogP contribution in [0, 0.1) is 5.41 Å². The monoisotopic (exact) mass is 321 g/mol. The second-order valence-electron chi connectivity index (χ2n) is 7.08. The fourth-order valence-corrected chi connectivity index (χ4v) is 3.85. The number of aromatic nitrogens is 2. The summed E-state index contributed by atoms with van der Waals surface area (Å²) in [5.41, 5.74) is 1.31. The van der Waals surface area contributed by atoms with E-state index in [0.717, 1.165) is 25.0 Å². The van der Waals surface area contributed by atoms with Gasteiger partial charge in [0.05, 0.1) is 12.2 Å². The van der Waals surface area contributed by atoms with Crippen LogP contribution in [0.15, 0.2) is 6.07 Å². The van der Waals surface area contributed by atoms with Crippen molar-refractivity contribution in [1.82, 2.24) is 15.1 Å². The number of likely N-dealkylation sites (tertiary alicyclic amines) is 1. The van der Waals surface area contributed by atoms with Gasteiger partial charge in [-0.15, -0.1) is 0 Å². The van der Waals surface area contributed by atoms with E-state index in [1.165, 1.54) is 0 Å². The molecular formula is C17H27N3O3. The van der Waals surface area contributed by atoms with Gasteiger partial charge in [0.25, 0.3) is 5.91 Å². The Kier molecular flexibility index (Phi) is 4.47. The third-order valence-electron chi connectivity index (χ3n) is 5.53. The van der Waals surface area contributed by atoms with Crippen molar-refractivity contribution in [3.63, 3.8) is 0 Å². The third kappa shape index (κ3) is 2.78. The van der Waals surface area contributed by atoms with Gasteiger partial charge in [0, 0.05) is 37.2 Å². The maximum absolute atomic E-state index is 12.6. The van der Waals surface area contributed by atoms with Crippen molar-refractivity contribution in [2.75, 3.05) is 19.7 Å². The van der Waals surface area contributed by atoms with Gasteiger partial charge in [-0.3, -0.25) is 9.89 Å². The molecule has 0 unspecified atom stereocenters. The largest absolute Gasteiger partial charge is 0.392 e. The number of amides is 1. The molecule has 2 heterocycles. The van der Waals surface area contributed by atoms with E-state index in [-0.39, 0.29) is 23.5 Å². The van der Waals surface area contributed by atoms with Gasteiger partial charge in [-0.2, -0.15) is 5.10 Å². The number of carbonyl (C=O) groups is 1. The molecule has 6 nitrogen and oxygen atoms in total. The van der Waals surface area contributed by atoms with Crippen LogP contribution in [0.25, 0.3) is 0 Å². The van der Waals surface area contributed by atoms with Crippen LogP contribution in [0.4, 0.5) is 0 Å². The van der Waals surface area contributed by atoms with E-state index in [2.05, 4.69) is 24.0 Å². The van der Waals surface area contributed by atoms with Crippen molar-refractivity contribution in [1.29, 1.82) is 0 Å². The molecule has 3 rings (SSSR count). The van der Waals surface area contributed by atoms with Crippen LogP contribution in [0.1, 0.15) is 62.1 Å². The molecule has 2 atom stereocenters. The molecule has 2 fully saturated rings. The molecule has 1 amide bonds. The molecule has 1 saturated heterocycles. The molecule has 0 radical (unpaired) electrons. The summed E-state index contributed by atoms with van der Waals surface area (Å²) in [6, 6.07) is 1.85. The smallest absolute Gasteiger partial charge is 0.274 e. The van der Waals surface area contributed by atoms with Crippen LogP contribution in [0.2, 0.25) is 0 Å². The summed E-state index contributed by atoms with van der Waals surface area (Å²) in [6.07, 6.45) is 2.16. The molecular weight excluding hydrogens is 294 g/mol. The van der Waals surface area contributed by atoms with E-state index in [4.69, 9.17) is 4.74 Å². The van der Waals surface area contributed by atoms with Gasteiger partial charge >= 0.3 is 0 Å². The Morgan fingerprint density at radius 1 is 1.52 bits per heavy atom. The molecule has 1 aliphatic heterocycles. The SMILES string of the molecule is CCO[C@@H]1C[C@@H](O)C12CCN(C(=O)c1cc(C(C)C)[nH]n1)CC2. The number of carbonyl (C=O) groups excluding carboxylic acids is 1. The Morgan fingerprint density at radius 3 is 2.74 bits per heavy atom. The lowest BCUT2D eigenvalue weighted by Crippen LogP contribution is -2.62. The molecule has 2 N–H and O–H groups in total. The van der Waals surface area contributed by atoms with E-state index in [1.54, 1.807) is 0 Å². The third-order valence-corrected chi connectivity index (χ3v) is 5.53. The quantitative estimate of drug-likeness (QED) is 0.888.